The summed E-state index contributed by atoms with van der Waals surface area (Å²) in [6.45, 7) is 25.5. The van der Waals surface area contributed by atoms with E-state index in [0.29, 0.717) is 6.54 Å². The van der Waals surface area contributed by atoms with Crippen molar-refractivity contribution in [3.8, 4) is 0 Å². The van der Waals surface area contributed by atoms with Crippen LogP contribution in [0, 0.1) is 0 Å². The van der Waals surface area contributed by atoms with Crippen molar-refractivity contribution in [1.82, 2.24) is 21.3 Å². The zero-order valence-electron chi connectivity index (χ0n) is 27.2. The van der Waals surface area contributed by atoms with Gasteiger partial charge in [-0.15, -0.1) is 0 Å². The van der Waals surface area contributed by atoms with Gasteiger partial charge in [-0.2, -0.15) is 0 Å². The Labute approximate surface area is 239 Å². The van der Waals surface area contributed by atoms with Crippen LogP contribution in [-0.4, -0.2) is 54.9 Å². The van der Waals surface area contributed by atoms with Crippen molar-refractivity contribution in [2.24, 2.45) is 5.73 Å². The van der Waals surface area contributed by atoms with Crippen LogP contribution in [0.5, 0.6) is 0 Å². The Morgan fingerprint density at radius 2 is 0.921 bits per heavy atom. The molecule has 5 nitrogen and oxygen atoms in total. The zero-order chi connectivity index (χ0) is 29.0. The average Bonchev–Trinajstić information content (AvgIpc) is 2.82. The number of unbranched alkanes of at least 4 members (excludes halogenated alkanes) is 4. The summed E-state index contributed by atoms with van der Waals surface area (Å²) in [6, 6.07) is 0. The SMILES string of the molecule is CCC(C)(C)NCCCCC(C)(C)NC/C=C/CCCCC(C)(C)NCCCCC(C)(C)NC/C=C\CN. The zero-order valence-corrected chi connectivity index (χ0v) is 27.2. The van der Waals surface area contributed by atoms with E-state index in [1.54, 1.807) is 0 Å². The molecule has 0 bridgehead atoms. The quantitative estimate of drug-likeness (QED) is 0.0653. The van der Waals surface area contributed by atoms with E-state index in [0.717, 1.165) is 26.2 Å². The lowest BCUT2D eigenvalue weighted by Gasteiger charge is -2.28. The molecule has 0 radical (unpaired) electrons. The first-order valence-corrected chi connectivity index (χ1v) is 15.7. The summed E-state index contributed by atoms with van der Waals surface area (Å²) in [5.74, 6) is 0. The fourth-order valence-electron chi connectivity index (χ4n) is 4.51. The van der Waals surface area contributed by atoms with Gasteiger partial charge in [0.1, 0.15) is 0 Å². The van der Waals surface area contributed by atoms with Gasteiger partial charge in [0.2, 0.25) is 0 Å². The third kappa shape index (κ3) is 23.2. The lowest BCUT2D eigenvalue weighted by atomic mass is 9.95. The van der Waals surface area contributed by atoms with Crippen LogP contribution >= 0.6 is 0 Å². The van der Waals surface area contributed by atoms with E-state index < -0.39 is 0 Å². The normalized spacial score (nSPS) is 13.8. The summed E-state index contributed by atoms with van der Waals surface area (Å²) >= 11 is 0. The van der Waals surface area contributed by atoms with Crippen LogP contribution in [0.1, 0.15) is 133 Å². The van der Waals surface area contributed by atoms with Gasteiger partial charge in [-0.25, -0.2) is 0 Å². The molecule has 0 unspecified atom stereocenters. The Bertz CT molecular complexity index is 619. The molecular weight excluding hydrogens is 466 g/mol. The van der Waals surface area contributed by atoms with Crippen molar-refractivity contribution in [3.05, 3.63) is 24.3 Å². The number of hydrogen-bond donors (Lipinski definition) is 5. The summed E-state index contributed by atoms with van der Waals surface area (Å²) in [5, 5.41) is 14.8. The molecule has 5 heteroatoms. The van der Waals surface area contributed by atoms with Crippen molar-refractivity contribution in [2.75, 3.05) is 32.7 Å². The molecule has 0 aliphatic heterocycles. The maximum Gasteiger partial charge on any atom is 0.0140 e. The number of allylic oxidation sites excluding steroid dienone is 1. The summed E-state index contributed by atoms with van der Waals surface area (Å²) in [6.07, 6.45) is 22.4. The first-order valence-electron chi connectivity index (χ1n) is 15.7. The van der Waals surface area contributed by atoms with Crippen LogP contribution in [-0.2, 0) is 0 Å². The Hall–Kier alpha value is -0.720. The summed E-state index contributed by atoms with van der Waals surface area (Å²) in [5.41, 5.74) is 6.37. The number of rotatable bonds is 25. The molecule has 0 aromatic heterocycles. The van der Waals surface area contributed by atoms with Gasteiger partial charge >= 0.3 is 0 Å². The standard InChI is InChI=1S/C33H69N5/c1-10-30(2,3)35-27-19-15-23-32(6,7)36-26-18-13-11-12-14-22-31(4,5)37-28-20-16-24-33(8,9)38-29-21-17-25-34/h13,17-18,21,35-38H,10-12,14-16,19-20,22-29,34H2,1-9H3/b18-13+,21-17-. The molecule has 0 spiro atoms. The highest BCUT2D eigenvalue weighted by Gasteiger charge is 2.18. The minimum absolute atomic E-state index is 0.177. The van der Waals surface area contributed by atoms with E-state index >= 15 is 0 Å². The molecule has 0 aliphatic rings. The minimum atomic E-state index is 0.177. The van der Waals surface area contributed by atoms with Gasteiger partial charge in [0.15, 0.2) is 0 Å². The first kappa shape index (κ1) is 37.3. The fraction of sp³-hybridized carbons (Fsp3) is 0.879. The first-order chi connectivity index (χ1) is 17.7. The molecule has 0 amide bonds. The van der Waals surface area contributed by atoms with Gasteiger partial charge in [-0.3, -0.25) is 0 Å². The van der Waals surface area contributed by atoms with Gasteiger partial charge in [0.05, 0.1) is 0 Å². The van der Waals surface area contributed by atoms with Gasteiger partial charge in [0.25, 0.3) is 0 Å². The second kappa shape index (κ2) is 20.2. The van der Waals surface area contributed by atoms with E-state index in [1.807, 2.05) is 6.08 Å². The maximum atomic E-state index is 5.50. The molecule has 0 atom stereocenters. The van der Waals surface area contributed by atoms with Crippen LogP contribution in [0.4, 0.5) is 0 Å². The van der Waals surface area contributed by atoms with Crippen LogP contribution in [0.3, 0.4) is 0 Å². The predicted molar refractivity (Wildman–Crippen MR) is 172 cm³/mol. The second-order valence-electron chi connectivity index (χ2n) is 13.8. The third-order valence-corrected chi connectivity index (χ3v) is 7.84. The Morgan fingerprint density at radius 3 is 1.39 bits per heavy atom. The van der Waals surface area contributed by atoms with Crippen LogP contribution in [0.2, 0.25) is 0 Å². The molecule has 0 aromatic rings. The lowest BCUT2D eigenvalue weighted by molar-refractivity contribution is 0.330. The average molecular weight is 536 g/mol. The van der Waals surface area contributed by atoms with E-state index in [9.17, 15) is 0 Å². The molecule has 0 saturated carbocycles. The molecule has 6 N–H and O–H groups in total. The van der Waals surface area contributed by atoms with Crippen molar-refractivity contribution in [3.63, 3.8) is 0 Å². The molecule has 0 heterocycles. The molecular formula is C33H69N5. The smallest absolute Gasteiger partial charge is 0.0140 e. The van der Waals surface area contributed by atoms with Gasteiger partial charge in [-0.05, 0) is 120 Å². The maximum absolute atomic E-state index is 5.50. The van der Waals surface area contributed by atoms with Crippen LogP contribution in [0.15, 0.2) is 24.3 Å². The molecule has 0 fully saturated rings. The van der Waals surface area contributed by atoms with Crippen molar-refractivity contribution in [2.45, 2.75) is 155 Å². The van der Waals surface area contributed by atoms with E-state index in [-0.39, 0.29) is 22.2 Å². The van der Waals surface area contributed by atoms with Crippen molar-refractivity contribution >= 4 is 0 Å². The van der Waals surface area contributed by atoms with E-state index in [4.69, 9.17) is 5.73 Å². The number of nitrogens with two attached hydrogens (primary N) is 1. The largest absolute Gasteiger partial charge is 0.327 e. The van der Waals surface area contributed by atoms with Crippen LogP contribution in [0.25, 0.3) is 0 Å². The van der Waals surface area contributed by atoms with E-state index in [2.05, 4.69) is 102 Å². The molecule has 0 aromatic carbocycles. The summed E-state index contributed by atoms with van der Waals surface area (Å²) in [7, 11) is 0. The number of nitrogens with one attached hydrogen (secondary N) is 4. The Morgan fingerprint density at radius 1 is 0.500 bits per heavy atom. The molecule has 38 heavy (non-hydrogen) atoms. The predicted octanol–water partition coefficient (Wildman–Crippen LogP) is 6.84. The highest BCUT2D eigenvalue weighted by Crippen LogP contribution is 2.17. The highest BCUT2D eigenvalue weighted by molar-refractivity contribution is 4.90. The summed E-state index contributed by atoms with van der Waals surface area (Å²) in [4.78, 5) is 0. The monoisotopic (exact) mass is 536 g/mol. The fourth-order valence-corrected chi connectivity index (χ4v) is 4.51. The van der Waals surface area contributed by atoms with Crippen molar-refractivity contribution in [1.29, 1.82) is 0 Å². The minimum Gasteiger partial charge on any atom is -0.327 e. The highest BCUT2D eigenvalue weighted by atomic mass is 15.0. The Kier molecular flexibility index (Phi) is 19.8. The topological polar surface area (TPSA) is 74.1 Å². The lowest BCUT2D eigenvalue weighted by Crippen LogP contribution is -2.41. The van der Waals surface area contributed by atoms with Gasteiger partial charge in [0, 0.05) is 41.8 Å². The van der Waals surface area contributed by atoms with E-state index in [1.165, 1.54) is 70.6 Å². The molecule has 0 rings (SSSR count). The summed E-state index contributed by atoms with van der Waals surface area (Å²) < 4.78 is 0. The second-order valence-corrected chi connectivity index (χ2v) is 13.8. The number of hydrogen-bond acceptors (Lipinski definition) is 5. The molecule has 0 saturated heterocycles. The van der Waals surface area contributed by atoms with Gasteiger partial charge < -0.3 is 27.0 Å². The van der Waals surface area contributed by atoms with Crippen molar-refractivity contribution < 1.29 is 0 Å². The molecule has 226 valence electrons. The van der Waals surface area contributed by atoms with Gasteiger partial charge in [-0.1, -0.05) is 50.5 Å². The third-order valence-electron chi connectivity index (χ3n) is 7.84. The molecule has 0 aliphatic carbocycles. The van der Waals surface area contributed by atoms with Crippen LogP contribution < -0.4 is 27.0 Å². The Balaban J connectivity index is 3.84.